The van der Waals surface area contributed by atoms with Crippen LogP contribution < -0.4 is 16.0 Å². The molecule has 8 atom stereocenters. The molecular weight excluding hydrogens is 1000 g/mol. The Hall–Kier alpha value is -4.32. The number of aliphatic carboxylic acids is 1. The fourth-order valence-electron chi connectivity index (χ4n) is 9.68. The number of amides is 3. The van der Waals surface area contributed by atoms with E-state index in [1.165, 1.54) is 116 Å². The zero-order chi connectivity index (χ0) is 57.8. The summed E-state index contributed by atoms with van der Waals surface area (Å²) in [7, 11) is 0. The molecule has 78 heavy (non-hydrogen) atoms. The molecule has 0 aliphatic carbocycles. The Bertz CT molecular complexity index is 1660. The maximum atomic E-state index is 14.3. The molecule has 1 fully saturated rings. The van der Waals surface area contributed by atoms with E-state index in [2.05, 4.69) is 36.7 Å². The van der Waals surface area contributed by atoms with Gasteiger partial charge in [-0.3, -0.25) is 38.4 Å². The summed E-state index contributed by atoms with van der Waals surface area (Å²) in [5.74, 6) is -6.10. The molecule has 1 saturated heterocycles. The van der Waals surface area contributed by atoms with Gasteiger partial charge < -0.3 is 49.5 Å². The largest absolute Gasteiger partial charge is 0.480 e. The number of carboxylic acids is 1. The molecule has 18 nitrogen and oxygen atoms in total. The van der Waals surface area contributed by atoms with Gasteiger partial charge in [-0.2, -0.15) is 0 Å². The standard InChI is InChI=1S/C60H107N3O15/c1-8-11-14-17-20-23-25-28-31-34-37-40-52(67)62-50(58(70)61-45(4)59(71)72)43-74-60-55(57(76-48(7)66)56(75-47(6)65)51(78-60)44-73-46(5)64)63-53(68)42-49(39-36-33-30-27-22-19-16-13-10-3)77-54(69)41-38-35-32-29-26-24-21-18-15-12-9-2/h45,49-51,55-57,60H,8-44H2,1-7H3,(H,61,70)(H,62,67)(H,63,68)(H,71,72)/t45-,49+,50-,51+,55+,56+,57+,60+/m0/s1. The lowest BCUT2D eigenvalue weighted by atomic mass is 9.95. The minimum atomic E-state index is -1.62. The van der Waals surface area contributed by atoms with E-state index >= 15 is 0 Å². The summed E-state index contributed by atoms with van der Waals surface area (Å²) in [5.41, 5.74) is 0. The van der Waals surface area contributed by atoms with Crippen molar-refractivity contribution in [2.45, 2.75) is 322 Å². The van der Waals surface area contributed by atoms with E-state index < -0.39 is 110 Å². The average Bonchev–Trinajstić information content (AvgIpc) is 3.44. The molecule has 0 saturated carbocycles. The average molecular weight is 1110 g/mol. The summed E-state index contributed by atoms with van der Waals surface area (Å²) in [6.07, 6.45) is 27.5. The Labute approximate surface area is 469 Å². The van der Waals surface area contributed by atoms with Gasteiger partial charge >= 0.3 is 29.8 Å². The third-order valence-corrected chi connectivity index (χ3v) is 14.2. The van der Waals surface area contributed by atoms with E-state index in [9.17, 15) is 43.5 Å². The lowest BCUT2D eigenvalue weighted by Gasteiger charge is -2.45. The smallest absolute Gasteiger partial charge is 0.325 e. The van der Waals surface area contributed by atoms with Crippen LogP contribution in [0.4, 0.5) is 0 Å². The van der Waals surface area contributed by atoms with E-state index in [1.807, 2.05) is 0 Å². The van der Waals surface area contributed by atoms with Crippen LogP contribution in [0.3, 0.4) is 0 Å². The predicted molar refractivity (Wildman–Crippen MR) is 300 cm³/mol. The van der Waals surface area contributed by atoms with Gasteiger partial charge in [0.15, 0.2) is 18.5 Å². The van der Waals surface area contributed by atoms with Crippen LogP contribution in [-0.2, 0) is 66.8 Å². The zero-order valence-electron chi connectivity index (χ0n) is 49.4. The lowest BCUT2D eigenvalue weighted by Crippen LogP contribution is -2.67. The van der Waals surface area contributed by atoms with Crippen LogP contribution in [0.15, 0.2) is 0 Å². The van der Waals surface area contributed by atoms with E-state index in [0.717, 1.165) is 91.4 Å². The molecule has 0 radical (unpaired) electrons. The second-order valence-corrected chi connectivity index (χ2v) is 21.6. The van der Waals surface area contributed by atoms with E-state index in [1.54, 1.807) is 0 Å². The molecule has 0 unspecified atom stereocenters. The molecule has 3 amide bonds. The van der Waals surface area contributed by atoms with Crippen molar-refractivity contribution in [3.05, 3.63) is 0 Å². The molecule has 1 aliphatic heterocycles. The van der Waals surface area contributed by atoms with Gasteiger partial charge in [-0.15, -0.1) is 0 Å². The highest BCUT2D eigenvalue weighted by molar-refractivity contribution is 5.90. The quantitative estimate of drug-likeness (QED) is 0.0251. The van der Waals surface area contributed by atoms with E-state index in [-0.39, 0.29) is 19.3 Å². The number of carboxylic acid groups (broad SMARTS) is 1. The van der Waals surface area contributed by atoms with E-state index in [0.29, 0.717) is 25.7 Å². The van der Waals surface area contributed by atoms with Crippen molar-refractivity contribution in [3.63, 3.8) is 0 Å². The van der Waals surface area contributed by atoms with Gasteiger partial charge in [-0.25, -0.2) is 0 Å². The molecule has 0 bridgehead atoms. The van der Waals surface area contributed by atoms with E-state index in [4.69, 9.17) is 28.4 Å². The maximum Gasteiger partial charge on any atom is 0.325 e. The summed E-state index contributed by atoms with van der Waals surface area (Å²) in [6, 6.07) is -4.28. The highest BCUT2D eigenvalue weighted by Crippen LogP contribution is 2.29. The second-order valence-electron chi connectivity index (χ2n) is 21.6. The normalized spacial score (nSPS) is 18.2. The summed E-state index contributed by atoms with van der Waals surface area (Å²) >= 11 is 0. The van der Waals surface area contributed by atoms with Crippen LogP contribution in [0.2, 0.25) is 0 Å². The van der Waals surface area contributed by atoms with Gasteiger partial charge in [0.1, 0.15) is 36.9 Å². The van der Waals surface area contributed by atoms with Gasteiger partial charge in [-0.1, -0.05) is 201 Å². The first-order valence-corrected chi connectivity index (χ1v) is 30.6. The highest BCUT2D eigenvalue weighted by atomic mass is 16.7. The zero-order valence-corrected chi connectivity index (χ0v) is 49.4. The second kappa shape index (κ2) is 46.4. The Balaban J connectivity index is 3.39. The number of rotatable bonds is 49. The number of esters is 4. The molecule has 0 aromatic carbocycles. The van der Waals surface area contributed by atoms with Gasteiger partial charge in [0.25, 0.3) is 0 Å². The first kappa shape index (κ1) is 71.7. The lowest BCUT2D eigenvalue weighted by molar-refractivity contribution is -0.278. The molecule has 1 heterocycles. The number of carbonyl (C=O) groups excluding carboxylic acids is 7. The number of hydrogen-bond acceptors (Lipinski definition) is 14. The Morgan fingerprint density at radius 1 is 0.526 bits per heavy atom. The first-order valence-electron chi connectivity index (χ1n) is 30.6. The van der Waals surface area contributed by atoms with Gasteiger partial charge in [-0.05, 0) is 32.6 Å². The van der Waals surface area contributed by atoms with Crippen molar-refractivity contribution in [3.8, 4) is 0 Å². The Morgan fingerprint density at radius 3 is 1.41 bits per heavy atom. The third-order valence-electron chi connectivity index (χ3n) is 14.2. The minimum absolute atomic E-state index is 0.0844. The number of carbonyl (C=O) groups is 8. The summed E-state index contributed by atoms with van der Waals surface area (Å²) in [5, 5.41) is 17.5. The Kier molecular flexibility index (Phi) is 42.7. The number of hydrogen-bond donors (Lipinski definition) is 4. The van der Waals surface area contributed by atoms with Crippen molar-refractivity contribution in [1.29, 1.82) is 0 Å². The molecular formula is C60H107N3O15. The molecule has 18 heteroatoms. The van der Waals surface area contributed by atoms with Gasteiger partial charge in [0.2, 0.25) is 17.7 Å². The predicted octanol–water partition coefficient (Wildman–Crippen LogP) is 11.3. The number of unbranched alkanes of at least 4 members (excludes halogenated alkanes) is 28. The maximum absolute atomic E-state index is 14.3. The summed E-state index contributed by atoms with van der Waals surface area (Å²) in [4.78, 5) is 104. The number of ether oxygens (including phenoxy) is 6. The molecule has 1 aliphatic rings. The molecule has 452 valence electrons. The van der Waals surface area contributed by atoms with Crippen molar-refractivity contribution < 1.29 is 71.9 Å². The van der Waals surface area contributed by atoms with Crippen molar-refractivity contribution in [2.24, 2.45) is 0 Å². The molecule has 1 rings (SSSR count). The Morgan fingerprint density at radius 2 is 0.962 bits per heavy atom. The van der Waals surface area contributed by atoms with Crippen molar-refractivity contribution in [1.82, 2.24) is 16.0 Å². The van der Waals surface area contributed by atoms with Crippen molar-refractivity contribution >= 4 is 47.6 Å². The van der Waals surface area contributed by atoms with Crippen LogP contribution in [0.1, 0.15) is 273 Å². The summed E-state index contributed by atoms with van der Waals surface area (Å²) in [6.45, 7) is 10.1. The molecule has 4 N–H and O–H groups in total. The number of nitrogens with one attached hydrogen (secondary N) is 3. The van der Waals surface area contributed by atoms with Crippen LogP contribution >= 0.6 is 0 Å². The third kappa shape index (κ3) is 36.8. The van der Waals surface area contributed by atoms with Crippen LogP contribution in [-0.4, -0.2) is 115 Å². The van der Waals surface area contributed by atoms with Crippen LogP contribution in [0, 0.1) is 0 Å². The highest BCUT2D eigenvalue weighted by Gasteiger charge is 2.52. The fraction of sp³-hybridized carbons (Fsp3) is 0.867. The van der Waals surface area contributed by atoms with Crippen LogP contribution in [0.25, 0.3) is 0 Å². The molecule has 0 spiro atoms. The molecule has 0 aromatic heterocycles. The SMILES string of the molecule is CCCCCCCCCCCCCC(=O)N[C@@H](CO[C@@H]1O[C@H](COC(C)=O)[C@@H](OC(C)=O)[C@H](OC(C)=O)[C@H]1NC(=O)C[C@@H](CCCCCCCCCCC)OC(=O)CCCCCCCCCCCCC)C(=O)N[C@@H](C)C(=O)O. The van der Waals surface area contributed by atoms with Gasteiger partial charge in [0.05, 0.1) is 13.0 Å². The molecule has 0 aromatic rings. The fourth-order valence-corrected chi connectivity index (χ4v) is 9.68. The first-order chi connectivity index (χ1) is 37.5. The monoisotopic (exact) mass is 1110 g/mol. The van der Waals surface area contributed by atoms with Crippen molar-refractivity contribution in [2.75, 3.05) is 13.2 Å². The topological polar surface area (TPSA) is 248 Å². The summed E-state index contributed by atoms with van der Waals surface area (Å²) < 4.78 is 35.2. The van der Waals surface area contributed by atoms with Gasteiger partial charge in [0, 0.05) is 33.6 Å². The van der Waals surface area contributed by atoms with Crippen LogP contribution in [0.5, 0.6) is 0 Å². The minimum Gasteiger partial charge on any atom is -0.480 e.